The fourth-order valence-corrected chi connectivity index (χ4v) is 1.48. The van der Waals surface area contributed by atoms with Gasteiger partial charge in [0.05, 0.1) is 11.0 Å². The number of hydrogen-bond donors (Lipinski definition) is 0. The van der Waals surface area contributed by atoms with Gasteiger partial charge in [0.25, 0.3) is 0 Å². The third-order valence-corrected chi connectivity index (χ3v) is 2.22. The molecule has 94 valence electrons. The Hall–Kier alpha value is -1.44. The highest BCUT2D eigenvalue weighted by Gasteiger charge is 2.02. The minimum absolute atomic E-state index is 0.420. The van der Waals surface area contributed by atoms with Gasteiger partial charge in [-0.25, -0.2) is 9.97 Å². The third kappa shape index (κ3) is 4.51. The van der Waals surface area contributed by atoms with E-state index in [9.17, 15) is 0 Å². The third-order valence-electron chi connectivity index (χ3n) is 2.22. The molecular weight excluding hydrogens is 208 g/mol. The number of nitrogens with zero attached hydrogens (tertiary/aromatic N) is 2. The lowest BCUT2D eigenvalue weighted by atomic mass is 10.1. The molecule has 0 saturated carbocycles. The van der Waals surface area contributed by atoms with Crippen LogP contribution in [0.1, 0.15) is 53.2 Å². The van der Waals surface area contributed by atoms with Crippen LogP contribution in [0.5, 0.6) is 0 Å². The molecule has 0 atom stereocenters. The topological polar surface area (TPSA) is 25.8 Å². The predicted molar refractivity (Wildman–Crippen MR) is 76.1 cm³/mol. The Morgan fingerprint density at radius 2 is 1.76 bits per heavy atom. The first-order valence-electron chi connectivity index (χ1n) is 6.31. The molecule has 0 N–H and O–H groups in total. The van der Waals surface area contributed by atoms with E-state index in [2.05, 4.69) is 29.9 Å². The van der Waals surface area contributed by atoms with Crippen molar-refractivity contribution in [2.24, 2.45) is 0 Å². The number of aromatic nitrogens is 2. The van der Waals surface area contributed by atoms with Gasteiger partial charge in [-0.3, -0.25) is 0 Å². The van der Waals surface area contributed by atoms with E-state index < -0.39 is 0 Å². The van der Waals surface area contributed by atoms with Crippen molar-refractivity contribution in [2.45, 2.75) is 47.5 Å². The highest BCUT2D eigenvalue weighted by Crippen LogP contribution is 2.03. The molecule has 0 bridgehead atoms. The van der Waals surface area contributed by atoms with Gasteiger partial charge < -0.3 is 0 Å². The van der Waals surface area contributed by atoms with Crippen molar-refractivity contribution in [2.75, 3.05) is 0 Å². The number of hydrogen-bond acceptors (Lipinski definition) is 2. The van der Waals surface area contributed by atoms with Crippen molar-refractivity contribution < 1.29 is 0 Å². The fraction of sp³-hybridized carbons (Fsp3) is 0.467. The van der Waals surface area contributed by atoms with E-state index in [-0.39, 0.29) is 0 Å². The van der Waals surface area contributed by atoms with E-state index in [1.54, 1.807) is 6.33 Å². The monoisotopic (exact) mass is 232 g/mol. The summed E-state index contributed by atoms with van der Waals surface area (Å²) < 4.78 is 0. The fourth-order valence-electron chi connectivity index (χ4n) is 1.48. The van der Waals surface area contributed by atoms with Crippen molar-refractivity contribution in [3.63, 3.8) is 0 Å². The molecule has 0 saturated heterocycles. The molecule has 2 nitrogen and oxygen atoms in total. The van der Waals surface area contributed by atoms with Crippen LogP contribution in [0.3, 0.4) is 0 Å². The Balaban J connectivity index is 0.00000121. The van der Waals surface area contributed by atoms with Crippen LogP contribution in [-0.2, 0) is 0 Å². The summed E-state index contributed by atoms with van der Waals surface area (Å²) in [5, 5.41) is 2.14. The minimum Gasteiger partial charge on any atom is -0.240 e. The average molecular weight is 232 g/mol. The summed E-state index contributed by atoms with van der Waals surface area (Å²) in [5.74, 6) is 0.420. The number of allylic oxidation sites excluding steroid dienone is 2. The van der Waals surface area contributed by atoms with E-state index in [1.807, 2.05) is 45.9 Å². The lowest BCUT2D eigenvalue weighted by Crippen LogP contribution is -2.33. The zero-order chi connectivity index (χ0) is 13.3. The average Bonchev–Trinajstić information content (AvgIpc) is 2.38. The summed E-state index contributed by atoms with van der Waals surface area (Å²) in [6.07, 6.45) is 9.76. The molecular formula is C15H24N2. The molecule has 0 amide bonds. The largest absolute Gasteiger partial charge is 0.240 e. The Kier molecular flexibility index (Phi) is 7.95. The molecule has 0 fully saturated rings. The maximum Gasteiger partial charge on any atom is 0.116 e. The summed E-state index contributed by atoms with van der Waals surface area (Å²) in [4.78, 5) is 8.60. The highest BCUT2D eigenvalue weighted by molar-refractivity contribution is 5.39. The second-order valence-corrected chi connectivity index (χ2v) is 3.69. The summed E-state index contributed by atoms with van der Waals surface area (Å²) >= 11 is 0. The molecule has 1 rings (SSSR count). The minimum atomic E-state index is 0.420. The molecule has 0 aliphatic carbocycles. The van der Waals surface area contributed by atoms with Crippen molar-refractivity contribution in [1.29, 1.82) is 0 Å². The summed E-state index contributed by atoms with van der Waals surface area (Å²) in [7, 11) is 0. The van der Waals surface area contributed by atoms with Crippen LogP contribution < -0.4 is 10.6 Å². The van der Waals surface area contributed by atoms with Crippen molar-refractivity contribution >= 4 is 12.2 Å². The molecule has 0 aromatic carbocycles. The first-order valence-corrected chi connectivity index (χ1v) is 6.31. The molecule has 0 spiro atoms. The molecule has 1 aromatic rings. The second kappa shape index (κ2) is 8.68. The van der Waals surface area contributed by atoms with Crippen molar-refractivity contribution in [3.8, 4) is 0 Å². The van der Waals surface area contributed by atoms with Gasteiger partial charge in [-0.15, -0.1) is 0 Å². The molecule has 1 aromatic heterocycles. The molecule has 0 aliphatic rings. The molecule has 2 heteroatoms. The number of rotatable bonds is 2. The maximum absolute atomic E-state index is 4.34. The van der Waals surface area contributed by atoms with Crippen LogP contribution in [-0.4, -0.2) is 9.97 Å². The van der Waals surface area contributed by atoms with Gasteiger partial charge in [-0.2, -0.15) is 0 Å². The van der Waals surface area contributed by atoms with E-state index in [1.165, 1.54) is 0 Å². The lowest BCUT2D eigenvalue weighted by Gasteiger charge is -2.04. The molecule has 17 heavy (non-hydrogen) atoms. The smallest absolute Gasteiger partial charge is 0.116 e. The zero-order valence-corrected chi connectivity index (χ0v) is 11.9. The van der Waals surface area contributed by atoms with Crippen LogP contribution in [0.15, 0.2) is 18.5 Å². The van der Waals surface area contributed by atoms with Gasteiger partial charge in [-0.1, -0.05) is 52.0 Å². The standard InChI is InChI=1S/C13H18N2.C2H6/c1-5-7-8-11-12(6-2)14-9-15-13(11)10(3)4;1-2/h5-10H,1-4H3;1-2H3/b7-5-,11-8+,12-6+;. The first kappa shape index (κ1) is 15.6. The highest BCUT2D eigenvalue weighted by atomic mass is 14.8. The van der Waals surface area contributed by atoms with E-state index in [0.29, 0.717) is 5.92 Å². The first-order chi connectivity index (χ1) is 8.20. The molecule has 0 radical (unpaired) electrons. The quantitative estimate of drug-likeness (QED) is 0.783. The van der Waals surface area contributed by atoms with Crippen LogP contribution in [0.4, 0.5) is 0 Å². The van der Waals surface area contributed by atoms with E-state index in [4.69, 9.17) is 0 Å². The van der Waals surface area contributed by atoms with Gasteiger partial charge in [0.15, 0.2) is 0 Å². The van der Waals surface area contributed by atoms with Crippen molar-refractivity contribution in [3.05, 3.63) is 34.7 Å². The second-order valence-electron chi connectivity index (χ2n) is 3.69. The van der Waals surface area contributed by atoms with Gasteiger partial charge in [0.1, 0.15) is 6.33 Å². The Labute approximate surface area is 105 Å². The van der Waals surface area contributed by atoms with Gasteiger partial charge in [0, 0.05) is 5.22 Å². The maximum atomic E-state index is 4.34. The van der Waals surface area contributed by atoms with Gasteiger partial charge >= 0.3 is 0 Å². The summed E-state index contributed by atoms with van der Waals surface area (Å²) in [6, 6.07) is 0. The van der Waals surface area contributed by atoms with Gasteiger partial charge in [-0.05, 0) is 19.8 Å². The summed E-state index contributed by atoms with van der Waals surface area (Å²) in [5.41, 5.74) is 1.11. The lowest BCUT2D eigenvalue weighted by molar-refractivity contribution is 0.798. The Morgan fingerprint density at radius 3 is 2.24 bits per heavy atom. The molecule has 1 heterocycles. The van der Waals surface area contributed by atoms with Crippen LogP contribution in [0.25, 0.3) is 12.2 Å². The van der Waals surface area contributed by atoms with E-state index in [0.717, 1.165) is 16.3 Å². The van der Waals surface area contributed by atoms with Crippen LogP contribution in [0.2, 0.25) is 0 Å². The summed E-state index contributed by atoms with van der Waals surface area (Å²) in [6.45, 7) is 12.3. The Bertz CT molecular complexity index is 456. The normalized spacial score (nSPS) is 13.1. The van der Waals surface area contributed by atoms with Gasteiger partial charge in [0.2, 0.25) is 0 Å². The molecule has 0 unspecified atom stereocenters. The van der Waals surface area contributed by atoms with Crippen LogP contribution >= 0.6 is 0 Å². The van der Waals surface area contributed by atoms with Crippen LogP contribution in [0, 0.1) is 0 Å². The van der Waals surface area contributed by atoms with Crippen molar-refractivity contribution in [1.82, 2.24) is 9.97 Å². The SMILES string of the molecule is CC.C\C=C/C=c1/c(C(C)C)ncn/c1=C/C. The predicted octanol–water partition coefficient (Wildman–Crippen LogP) is 2.78. The van der Waals surface area contributed by atoms with E-state index >= 15 is 0 Å². The zero-order valence-electron chi connectivity index (χ0n) is 11.9. The Morgan fingerprint density at radius 1 is 1.12 bits per heavy atom. The molecule has 0 aliphatic heterocycles.